The van der Waals surface area contributed by atoms with Gasteiger partial charge in [0.15, 0.2) is 0 Å². The molecule has 38 heavy (non-hydrogen) atoms. The Balaban J connectivity index is 0.000000926. The molecule has 1 N–H and O–H groups in total. The first-order chi connectivity index (χ1) is 18.2. The minimum Gasteiger partial charge on any atom is -0.385 e. The van der Waals surface area contributed by atoms with Gasteiger partial charge in [0.1, 0.15) is 6.23 Å². The van der Waals surface area contributed by atoms with Crippen LogP contribution >= 0.6 is 10.3 Å². The average Bonchev–Trinajstić information content (AvgIpc) is 3.38. The second kappa shape index (κ2) is 15.7. The molecule has 3 rings (SSSR count). The van der Waals surface area contributed by atoms with E-state index in [1.165, 1.54) is 15.9 Å². The van der Waals surface area contributed by atoms with Crippen LogP contribution in [0.2, 0.25) is 0 Å². The monoisotopic (exact) mass is 544 g/mol. The topological polar surface area (TPSA) is 77.1 Å². The fourth-order valence-corrected chi connectivity index (χ4v) is 8.01. The molecule has 1 fully saturated rings. The fourth-order valence-electron chi connectivity index (χ4n) is 4.26. The van der Waals surface area contributed by atoms with Crippen LogP contribution in [-0.2, 0) is 23.2 Å². The Morgan fingerprint density at radius 1 is 1.08 bits per heavy atom. The van der Waals surface area contributed by atoms with E-state index in [1.54, 1.807) is 13.3 Å². The van der Waals surface area contributed by atoms with Crippen molar-refractivity contribution in [2.75, 3.05) is 27.4 Å². The predicted octanol–water partition coefficient (Wildman–Crippen LogP) is 5.91. The maximum atomic E-state index is 11.5. The Morgan fingerprint density at radius 3 is 2.11 bits per heavy atom. The standard InChI is InChI=1S/C26H34N2O4S.C4H10O/c1-26(2,3)33(22-11-7-5-8-12-22,23-13-9-6-10-14-23)31-19-21-15-16-25(32-21)28(4)18-17-24(30)27-20-29;1-3-4-5-2/h5-14,17-18,20-21,25H,15-16,19H2,1-4H3,(H,27,29,30);3-4H2,1-2H3/b18-17-;. The van der Waals surface area contributed by atoms with Crippen molar-refractivity contribution in [1.82, 2.24) is 10.2 Å². The lowest BCUT2D eigenvalue weighted by Gasteiger charge is -2.50. The highest BCUT2D eigenvalue weighted by Gasteiger charge is 2.42. The third-order valence-electron chi connectivity index (χ3n) is 6.05. The summed E-state index contributed by atoms with van der Waals surface area (Å²) in [4.78, 5) is 26.1. The van der Waals surface area contributed by atoms with Gasteiger partial charge >= 0.3 is 0 Å². The molecule has 1 aliphatic rings. The Morgan fingerprint density at radius 2 is 1.66 bits per heavy atom. The van der Waals surface area contributed by atoms with Gasteiger partial charge < -0.3 is 18.6 Å². The van der Waals surface area contributed by atoms with Gasteiger partial charge in [-0.25, -0.2) is 0 Å². The number of amides is 2. The first-order valence-electron chi connectivity index (χ1n) is 13.1. The summed E-state index contributed by atoms with van der Waals surface area (Å²) in [5.41, 5.74) is 0. The Kier molecular flexibility index (Phi) is 13.0. The first kappa shape index (κ1) is 31.6. The van der Waals surface area contributed by atoms with E-state index in [-0.39, 0.29) is 17.1 Å². The third kappa shape index (κ3) is 8.70. The molecule has 1 aliphatic heterocycles. The molecule has 2 unspecified atom stereocenters. The normalized spacial score (nSPS) is 17.9. The summed E-state index contributed by atoms with van der Waals surface area (Å²) < 4.78 is 17.7. The molecule has 0 aromatic heterocycles. The zero-order chi connectivity index (χ0) is 28.0. The van der Waals surface area contributed by atoms with Crippen molar-refractivity contribution in [3.63, 3.8) is 0 Å². The number of rotatable bonds is 11. The van der Waals surface area contributed by atoms with Crippen molar-refractivity contribution in [3.05, 3.63) is 72.9 Å². The van der Waals surface area contributed by atoms with Gasteiger partial charge in [-0.3, -0.25) is 14.9 Å². The molecule has 0 spiro atoms. The summed E-state index contributed by atoms with van der Waals surface area (Å²) in [5.74, 6) is -0.459. The Hall–Kier alpha value is -2.65. The third-order valence-corrected chi connectivity index (χ3v) is 10.1. The Bertz CT molecular complexity index is 953. The van der Waals surface area contributed by atoms with Crippen molar-refractivity contribution < 1.29 is 23.2 Å². The molecular weight excluding hydrogens is 500 g/mol. The summed E-state index contributed by atoms with van der Waals surface area (Å²) in [6, 6.07) is 21.0. The summed E-state index contributed by atoms with van der Waals surface area (Å²) in [6.45, 7) is 10.2. The molecule has 1 heterocycles. The Labute approximate surface area is 230 Å². The number of hydrogen-bond acceptors (Lipinski definition) is 6. The number of carbonyl (C=O) groups is 2. The van der Waals surface area contributed by atoms with Crippen LogP contribution in [0, 0.1) is 0 Å². The van der Waals surface area contributed by atoms with E-state index in [0.717, 1.165) is 25.9 Å². The molecule has 2 atom stereocenters. The lowest BCUT2D eigenvalue weighted by Crippen LogP contribution is -2.32. The van der Waals surface area contributed by atoms with E-state index < -0.39 is 16.2 Å². The van der Waals surface area contributed by atoms with Crippen molar-refractivity contribution in [2.24, 2.45) is 0 Å². The van der Waals surface area contributed by atoms with Gasteiger partial charge in [-0.15, -0.1) is 0 Å². The van der Waals surface area contributed by atoms with Gasteiger partial charge in [0, 0.05) is 47.6 Å². The van der Waals surface area contributed by atoms with Gasteiger partial charge in [0.2, 0.25) is 6.41 Å². The SMILES string of the molecule is CCCOC.CN(/C=C\C(=O)NC=O)C1CCC(COS(c2ccccc2)(c2ccccc2)C(C)(C)C)O1. The maximum Gasteiger partial charge on any atom is 0.251 e. The second-order valence-corrected chi connectivity index (χ2v) is 13.5. The number of carbonyl (C=O) groups excluding carboxylic acids is 2. The van der Waals surface area contributed by atoms with Crippen molar-refractivity contribution in [1.29, 1.82) is 0 Å². The van der Waals surface area contributed by atoms with E-state index >= 15 is 0 Å². The van der Waals surface area contributed by atoms with E-state index in [0.29, 0.717) is 13.0 Å². The van der Waals surface area contributed by atoms with Crippen LogP contribution in [-0.4, -0.2) is 61.7 Å². The van der Waals surface area contributed by atoms with E-state index in [2.05, 4.69) is 81.5 Å². The lowest BCUT2D eigenvalue weighted by atomic mass is 10.2. The number of ether oxygens (including phenoxy) is 2. The number of hydrogen-bond donors (Lipinski definition) is 1. The highest BCUT2D eigenvalue weighted by Crippen LogP contribution is 2.71. The molecule has 0 saturated carbocycles. The van der Waals surface area contributed by atoms with Crippen LogP contribution in [0.25, 0.3) is 0 Å². The van der Waals surface area contributed by atoms with Gasteiger partial charge in [0.25, 0.3) is 5.91 Å². The minimum absolute atomic E-state index is 0.0451. The predicted molar refractivity (Wildman–Crippen MR) is 154 cm³/mol. The molecule has 2 aromatic rings. The number of benzene rings is 2. The molecule has 0 radical (unpaired) electrons. The fraction of sp³-hybridized carbons (Fsp3) is 0.467. The van der Waals surface area contributed by atoms with E-state index in [9.17, 15) is 9.59 Å². The molecule has 2 amide bonds. The molecular formula is C30H44N2O5S. The number of nitrogens with zero attached hydrogens (tertiary/aromatic N) is 1. The largest absolute Gasteiger partial charge is 0.385 e. The summed E-state index contributed by atoms with van der Waals surface area (Å²) in [7, 11) is 1.75. The quantitative estimate of drug-likeness (QED) is 0.280. The van der Waals surface area contributed by atoms with Gasteiger partial charge in [-0.05, 0) is 64.3 Å². The number of imide groups is 1. The molecule has 0 bridgehead atoms. The van der Waals surface area contributed by atoms with E-state index in [4.69, 9.17) is 13.7 Å². The van der Waals surface area contributed by atoms with Crippen LogP contribution in [0.15, 0.2) is 82.7 Å². The first-order valence-corrected chi connectivity index (χ1v) is 14.6. The van der Waals surface area contributed by atoms with Crippen LogP contribution in [0.3, 0.4) is 0 Å². The van der Waals surface area contributed by atoms with Crippen LogP contribution in [0.4, 0.5) is 0 Å². The molecule has 8 heteroatoms. The van der Waals surface area contributed by atoms with Crippen molar-refractivity contribution in [2.45, 2.75) is 73.8 Å². The zero-order valence-corrected chi connectivity index (χ0v) is 24.4. The molecule has 7 nitrogen and oxygen atoms in total. The van der Waals surface area contributed by atoms with Gasteiger partial charge in [-0.1, -0.05) is 53.6 Å². The van der Waals surface area contributed by atoms with Crippen LogP contribution in [0.5, 0.6) is 0 Å². The van der Waals surface area contributed by atoms with Crippen LogP contribution < -0.4 is 5.32 Å². The van der Waals surface area contributed by atoms with Crippen molar-refractivity contribution in [3.8, 4) is 0 Å². The molecule has 210 valence electrons. The van der Waals surface area contributed by atoms with Crippen molar-refractivity contribution >= 4 is 22.6 Å². The lowest BCUT2D eigenvalue weighted by molar-refractivity contribution is -0.121. The zero-order valence-electron chi connectivity index (χ0n) is 23.6. The average molecular weight is 545 g/mol. The molecule has 2 aromatic carbocycles. The van der Waals surface area contributed by atoms with Gasteiger partial charge in [0.05, 0.1) is 12.7 Å². The molecule has 1 saturated heterocycles. The summed E-state index contributed by atoms with van der Waals surface area (Å²) >= 11 is 0. The highest BCUT2D eigenvalue weighted by atomic mass is 32.3. The van der Waals surface area contributed by atoms with Crippen LogP contribution in [0.1, 0.15) is 47.0 Å². The van der Waals surface area contributed by atoms with E-state index in [1.807, 2.05) is 24.1 Å². The molecule has 0 aliphatic carbocycles. The minimum atomic E-state index is -1.82. The second-order valence-electron chi connectivity index (χ2n) is 9.97. The maximum absolute atomic E-state index is 11.5. The van der Waals surface area contributed by atoms with Gasteiger partial charge in [-0.2, -0.15) is 0 Å². The highest BCUT2D eigenvalue weighted by molar-refractivity contribution is 8.31. The smallest absolute Gasteiger partial charge is 0.251 e. The number of nitrogens with one attached hydrogen (secondary N) is 1. The summed E-state index contributed by atoms with van der Waals surface area (Å²) in [5, 5.41) is 2.09. The number of methoxy groups -OCH3 is 1. The summed E-state index contributed by atoms with van der Waals surface area (Å²) in [6.07, 6.45) is 5.95.